The summed E-state index contributed by atoms with van der Waals surface area (Å²) < 4.78 is 6.32. The van der Waals surface area contributed by atoms with Crippen molar-refractivity contribution in [2.45, 2.75) is 25.3 Å². The van der Waals surface area contributed by atoms with Crippen molar-refractivity contribution in [2.75, 3.05) is 20.2 Å². The molecule has 1 saturated carbocycles. The Morgan fingerprint density at radius 2 is 2.26 bits per heavy atom. The Morgan fingerprint density at radius 1 is 1.47 bits per heavy atom. The van der Waals surface area contributed by atoms with Crippen molar-refractivity contribution >= 4 is 21.8 Å². The number of carbonyl (C=O) groups is 1. The van der Waals surface area contributed by atoms with Crippen molar-refractivity contribution in [2.24, 2.45) is 0 Å². The van der Waals surface area contributed by atoms with E-state index in [1.165, 1.54) is 12.8 Å². The first-order valence-electron chi connectivity index (χ1n) is 6.51. The highest BCUT2D eigenvalue weighted by molar-refractivity contribution is 9.10. The summed E-state index contributed by atoms with van der Waals surface area (Å²) in [5, 5.41) is 6.11. The average molecular weight is 327 g/mol. The molecule has 1 fully saturated rings. The van der Waals surface area contributed by atoms with E-state index in [0.29, 0.717) is 19.1 Å². The standard InChI is InChI=1S/C14H19BrN2O2/c1-19-13-5-2-11(15)8-10(13)6-7-16-14(18)9-17-12-3-4-12/h2,5,8,12,17H,3-4,6-7,9H2,1H3,(H,16,18). The van der Waals surface area contributed by atoms with E-state index < -0.39 is 0 Å². The molecule has 1 aromatic rings. The molecule has 0 unspecified atom stereocenters. The van der Waals surface area contributed by atoms with E-state index in [1.807, 2.05) is 18.2 Å². The second-order valence-electron chi connectivity index (χ2n) is 4.71. The lowest BCUT2D eigenvalue weighted by Crippen LogP contribution is -2.35. The van der Waals surface area contributed by atoms with Crippen LogP contribution in [-0.4, -0.2) is 32.1 Å². The average Bonchev–Trinajstić information content (AvgIpc) is 3.21. The zero-order chi connectivity index (χ0) is 13.7. The van der Waals surface area contributed by atoms with Crippen molar-refractivity contribution in [3.63, 3.8) is 0 Å². The molecule has 0 heterocycles. The SMILES string of the molecule is COc1ccc(Br)cc1CCNC(=O)CNC1CC1. The first-order chi connectivity index (χ1) is 9.19. The van der Waals surface area contributed by atoms with E-state index in [2.05, 4.69) is 26.6 Å². The number of rotatable bonds is 7. The molecular formula is C14H19BrN2O2. The fraction of sp³-hybridized carbons (Fsp3) is 0.500. The fourth-order valence-electron chi connectivity index (χ4n) is 1.87. The quantitative estimate of drug-likeness (QED) is 0.804. The van der Waals surface area contributed by atoms with E-state index in [4.69, 9.17) is 4.74 Å². The summed E-state index contributed by atoms with van der Waals surface area (Å²) >= 11 is 3.44. The molecule has 0 bridgehead atoms. The lowest BCUT2D eigenvalue weighted by atomic mass is 10.1. The van der Waals surface area contributed by atoms with E-state index >= 15 is 0 Å². The molecule has 104 valence electrons. The predicted molar refractivity (Wildman–Crippen MR) is 78.4 cm³/mol. The maximum atomic E-state index is 11.6. The highest BCUT2D eigenvalue weighted by Gasteiger charge is 2.20. The van der Waals surface area contributed by atoms with Crippen LogP contribution in [0.25, 0.3) is 0 Å². The van der Waals surface area contributed by atoms with Gasteiger partial charge in [0.1, 0.15) is 5.75 Å². The van der Waals surface area contributed by atoms with E-state index in [1.54, 1.807) is 7.11 Å². The number of hydrogen-bond acceptors (Lipinski definition) is 3. The highest BCUT2D eigenvalue weighted by atomic mass is 79.9. The van der Waals surface area contributed by atoms with Gasteiger partial charge in [-0.25, -0.2) is 0 Å². The van der Waals surface area contributed by atoms with E-state index in [9.17, 15) is 4.79 Å². The molecule has 0 spiro atoms. The summed E-state index contributed by atoms with van der Waals surface area (Å²) in [7, 11) is 1.66. The monoisotopic (exact) mass is 326 g/mol. The number of ether oxygens (including phenoxy) is 1. The predicted octanol–water partition coefficient (Wildman–Crippen LogP) is 1.87. The molecule has 0 radical (unpaired) electrons. The number of benzene rings is 1. The third-order valence-corrected chi connectivity index (χ3v) is 3.58. The molecule has 1 aliphatic carbocycles. The van der Waals surface area contributed by atoms with Gasteiger partial charge in [-0.05, 0) is 43.0 Å². The van der Waals surface area contributed by atoms with Crippen molar-refractivity contribution in [3.8, 4) is 5.75 Å². The first kappa shape index (κ1) is 14.3. The number of carbonyl (C=O) groups excluding carboxylic acids is 1. The number of hydrogen-bond donors (Lipinski definition) is 2. The minimum absolute atomic E-state index is 0.0564. The van der Waals surface area contributed by atoms with Gasteiger partial charge < -0.3 is 15.4 Å². The minimum Gasteiger partial charge on any atom is -0.496 e. The van der Waals surface area contributed by atoms with E-state index in [0.717, 1.165) is 22.2 Å². The van der Waals surface area contributed by atoms with Crippen LogP contribution in [0, 0.1) is 0 Å². The molecule has 2 N–H and O–H groups in total. The van der Waals surface area contributed by atoms with Crippen LogP contribution in [0.3, 0.4) is 0 Å². The first-order valence-corrected chi connectivity index (χ1v) is 7.31. The fourth-order valence-corrected chi connectivity index (χ4v) is 2.27. The molecule has 5 heteroatoms. The topological polar surface area (TPSA) is 50.4 Å². The Bertz CT molecular complexity index is 447. The summed E-state index contributed by atoms with van der Waals surface area (Å²) in [5.74, 6) is 0.911. The van der Waals surface area contributed by atoms with Gasteiger partial charge in [-0.1, -0.05) is 15.9 Å². The van der Waals surface area contributed by atoms with Gasteiger partial charge in [-0.2, -0.15) is 0 Å². The van der Waals surface area contributed by atoms with Crippen molar-refractivity contribution < 1.29 is 9.53 Å². The van der Waals surface area contributed by atoms with E-state index in [-0.39, 0.29) is 5.91 Å². The van der Waals surface area contributed by atoms with Crippen molar-refractivity contribution in [3.05, 3.63) is 28.2 Å². The van der Waals surface area contributed by atoms with Crippen molar-refractivity contribution in [1.29, 1.82) is 0 Å². The Labute approximate surface area is 122 Å². The molecule has 1 amide bonds. The third-order valence-electron chi connectivity index (χ3n) is 3.09. The molecule has 19 heavy (non-hydrogen) atoms. The molecule has 2 rings (SSSR count). The smallest absolute Gasteiger partial charge is 0.233 e. The van der Waals surface area contributed by atoms with Gasteiger partial charge in [-0.3, -0.25) is 4.79 Å². The number of nitrogens with one attached hydrogen (secondary N) is 2. The largest absolute Gasteiger partial charge is 0.496 e. The van der Waals surface area contributed by atoms with Crippen LogP contribution >= 0.6 is 15.9 Å². The van der Waals surface area contributed by atoms with Gasteiger partial charge in [-0.15, -0.1) is 0 Å². The van der Waals surface area contributed by atoms with Crippen LogP contribution in [0.15, 0.2) is 22.7 Å². The lowest BCUT2D eigenvalue weighted by Gasteiger charge is -2.10. The molecule has 1 aromatic carbocycles. The van der Waals surface area contributed by atoms with Gasteiger partial charge >= 0.3 is 0 Å². The molecule has 0 atom stereocenters. The minimum atomic E-state index is 0.0564. The molecular weight excluding hydrogens is 308 g/mol. The molecule has 1 aliphatic rings. The summed E-state index contributed by atoms with van der Waals surface area (Å²) in [4.78, 5) is 11.6. The second-order valence-corrected chi connectivity index (χ2v) is 5.63. The molecule has 4 nitrogen and oxygen atoms in total. The Morgan fingerprint density at radius 3 is 2.95 bits per heavy atom. The van der Waals surface area contributed by atoms with Gasteiger partial charge in [0.05, 0.1) is 13.7 Å². The number of methoxy groups -OCH3 is 1. The van der Waals surface area contributed by atoms with Gasteiger partial charge in [0.25, 0.3) is 0 Å². The van der Waals surface area contributed by atoms with Crippen LogP contribution in [-0.2, 0) is 11.2 Å². The van der Waals surface area contributed by atoms with Gasteiger partial charge in [0.2, 0.25) is 5.91 Å². The molecule has 0 aliphatic heterocycles. The van der Waals surface area contributed by atoms with Gasteiger partial charge in [0, 0.05) is 17.1 Å². The maximum absolute atomic E-state index is 11.6. The van der Waals surface area contributed by atoms with Crippen LogP contribution < -0.4 is 15.4 Å². The number of amides is 1. The lowest BCUT2D eigenvalue weighted by molar-refractivity contribution is -0.120. The summed E-state index contributed by atoms with van der Waals surface area (Å²) in [5.41, 5.74) is 1.09. The summed E-state index contributed by atoms with van der Waals surface area (Å²) in [6.45, 7) is 1.04. The Hall–Kier alpha value is -1.07. The summed E-state index contributed by atoms with van der Waals surface area (Å²) in [6, 6.07) is 6.46. The van der Waals surface area contributed by atoms with Crippen molar-refractivity contribution in [1.82, 2.24) is 10.6 Å². The Kier molecular flexibility index (Phi) is 5.22. The maximum Gasteiger partial charge on any atom is 0.233 e. The Balaban J connectivity index is 1.74. The van der Waals surface area contributed by atoms with Gasteiger partial charge in [0.15, 0.2) is 0 Å². The zero-order valence-electron chi connectivity index (χ0n) is 11.0. The van der Waals surface area contributed by atoms with Crippen LogP contribution in [0.1, 0.15) is 18.4 Å². The normalized spacial score (nSPS) is 14.2. The number of halogens is 1. The highest BCUT2D eigenvalue weighted by Crippen LogP contribution is 2.23. The third kappa shape index (κ3) is 4.84. The second kappa shape index (κ2) is 6.91. The van der Waals surface area contributed by atoms with Crippen LogP contribution in [0.5, 0.6) is 5.75 Å². The van der Waals surface area contributed by atoms with Crippen LogP contribution in [0.4, 0.5) is 0 Å². The zero-order valence-corrected chi connectivity index (χ0v) is 12.6. The molecule has 0 aromatic heterocycles. The van der Waals surface area contributed by atoms with Crippen LogP contribution in [0.2, 0.25) is 0 Å². The molecule has 0 saturated heterocycles. The summed E-state index contributed by atoms with van der Waals surface area (Å²) in [6.07, 6.45) is 3.16.